The molecule has 0 heterocycles. The van der Waals surface area contributed by atoms with Crippen LogP contribution in [0.1, 0.15) is 0 Å². The summed E-state index contributed by atoms with van der Waals surface area (Å²) in [5.41, 5.74) is 0.245. The van der Waals surface area contributed by atoms with Gasteiger partial charge in [-0.2, -0.15) is 8.78 Å². The van der Waals surface area contributed by atoms with Gasteiger partial charge in [-0.25, -0.2) is 4.79 Å². The molecule has 0 atom stereocenters. The Morgan fingerprint density at radius 3 is 2.89 bits per heavy atom. The Hall–Kier alpha value is -1.27. The standard InChI is InChI=1S/C11H11ClF2N2OS/c1-2-6-15-11(17)16-8-5-3-4-7(12)9(8)18-10(13)14/h2-5,10H,1,6H2,(H2,15,16,17). The predicted octanol–water partition coefficient (Wildman–Crippen LogP) is 3.96. The highest BCUT2D eigenvalue weighted by molar-refractivity contribution is 7.99. The minimum absolute atomic E-state index is 0.142. The lowest BCUT2D eigenvalue weighted by Crippen LogP contribution is -2.28. The third-order valence-corrected chi connectivity index (χ3v) is 3.11. The molecule has 0 bridgehead atoms. The molecule has 2 amide bonds. The Kier molecular flexibility index (Phi) is 5.94. The molecular formula is C11H11ClF2N2OS. The summed E-state index contributed by atoms with van der Waals surface area (Å²) in [5.74, 6) is -2.61. The number of amides is 2. The highest BCUT2D eigenvalue weighted by Gasteiger charge is 2.14. The first kappa shape index (κ1) is 14.8. The number of carbonyl (C=O) groups excluding carboxylic acids is 1. The molecule has 98 valence electrons. The van der Waals surface area contributed by atoms with Gasteiger partial charge in [-0.15, -0.1) is 6.58 Å². The number of thioether (sulfide) groups is 1. The quantitative estimate of drug-likeness (QED) is 0.637. The number of alkyl halides is 2. The number of urea groups is 1. The second-order valence-electron chi connectivity index (χ2n) is 3.12. The van der Waals surface area contributed by atoms with Gasteiger partial charge in [0.25, 0.3) is 5.76 Å². The number of carbonyl (C=O) groups is 1. The molecular weight excluding hydrogens is 282 g/mol. The number of anilines is 1. The van der Waals surface area contributed by atoms with E-state index in [1.54, 1.807) is 6.07 Å². The van der Waals surface area contributed by atoms with E-state index in [9.17, 15) is 13.6 Å². The number of hydrogen-bond acceptors (Lipinski definition) is 2. The third kappa shape index (κ3) is 4.54. The summed E-state index contributed by atoms with van der Waals surface area (Å²) in [6, 6.07) is 4.05. The van der Waals surface area contributed by atoms with Crippen molar-refractivity contribution in [1.29, 1.82) is 0 Å². The van der Waals surface area contributed by atoms with Gasteiger partial charge >= 0.3 is 6.03 Å². The Morgan fingerprint density at radius 2 is 2.28 bits per heavy atom. The maximum Gasteiger partial charge on any atom is 0.319 e. The number of hydrogen-bond donors (Lipinski definition) is 2. The summed E-state index contributed by atoms with van der Waals surface area (Å²) < 4.78 is 24.8. The van der Waals surface area contributed by atoms with Crippen LogP contribution in [0.25, 0.3) is 0 Å². The molecule has 0 spiro atoms. The molecule has 1 rings (SSSR count). The van der Waals surface area contributed by atoms with E-state index in [0.717, 1.165) is 0 Å². The summed E-state index contributed by atoms with van der Waals surface area (Å²) >= 11 is 6.11. The van der Waals surface area contributed by atoms with E-state index in [1.165, 1.54) is 18.2 Å². The molecule has 0 saturated heterocycles. The first-order valence-electron chi connectivity index (χ1n) is 4.93. The number of halogens is 3. The summed E-state index contributed by atoms with van der Waals surface area (Å²) in [6.45, 7) is 3.73. The van der Waals surface area contributed by atoms with Crippen LogP contribution in [0.5, 0.6) is 0 Å². The molecule has 3 nitrogen and oxygen atoms in total. The summed E-state index contributed by atoms with van der Waals surface area (Å²) in [7, 11) is 0. The van der Waals surface area contributed by atoms with Gasteiger partial charge in [0.1, 0.15) is 0 Å². The molecule has 0 fully saturated rings. The van der Waals surface area contributed by atoms with Gasteiger partial charge in [-0.05, 0) is 12.1 Å². The fraction of sp³-hybridized carbons (Fsp3) is 0.182. The topological polar surface area (TPSA) is 41.1 Å². The van der Waals surface area contributed by atoms with Crippen LogP contribution >= 0.6 is 23.4 Å². The zero-order valence-corrected chi connectivity index (χ0v) is 10.8. The molecule has 2 N–H and O–H groups in total. The van der Waals surface area contributed by atoms with E-state index < -0.39 is 11.8 Å². The normalized spacial score (nSPS) is 10.2. The van der Waals surface area contributed by atoms with Gasteiger partial charge in [0, 0.05) is 6.54 Å². The average Bonchev–Trinajstić information content (AvgIpc) is 2.30. The Morgan fingerprint density at radius 1 is 1.56 bits per heavy atom. The highest BCUT2D eigenvalue weighted by Crippen LogP contribution is 2.37. The van der Waals surface area contributed by atoms with Crippen molar-refractivity contribution in [2.24, 2.45) is 0 Å². The lowest BCUT2D eigenvalue weighted by molar-refractivity contribution is 0.251. The fourth-order valence-electron chi connectivity index (χ4n) is 1.15. The van der Waals surface area contributed by atoms with Crippen molar-refractivity contribution >= 4 is 35.1 Å². The maximum atomic E-state index is 12.4. The van der Waals surface area contributed by atoms with Crippen molar-refractivity contribution < 1.29 is 13.6 Å². The minimum Gasteiger partial charge on any atom is -0.334 e. The Balaban J connectivity index is 2.84. The van der Waals surface area contributed by atoms with Gasteiger partial charge in [0.05, 0.1) is 15.6 Å². The highest BCUT2D eigenvalue weighted by atomic mass is 35.5. The van der Waals surface area contributed by atoms with E-state index in [-0.39, 0.29) is 33.9 Å². The van der Waals surface area contributed by atoms with Gasteiger partial charge in [-0.3, -0.25) is 0 Å². The van der Waals surface area contributed by atoms with E-state index in [2.05, 4.69) is 17.2 Å². The van der Waals surface area contributed by atoms with Crippen LogP contribution < -0.4 is 10.6 Å². The lowest BCUT2D eigenvalue weighted by Gasteiger charge is -2.12. The zero-order valence-electron chi connectivity index (χ0n) is 9.25. The van der Waals surface area contributed by atoms with Crippen molar-refractivity contribution in [1.82, 2.24) is 5.32 Å². The summed E-state index contributed by atoms with van der Waals surface area (Å²) in [4.78, 5) is 11.6. The van der Waals surface area contributed by atoms with Crippen molar-refractivity contribution in [2.75, 3.05) is 11.9 Å². The smallest absolute Gasteiger partial charge is 0.319 e. The maximum absolute atomic E-state index is 12.4. The number of benzene rings is 1. The second kappa shape index (κ2) is 7.23. The van der Waals surface area contributed by atoms with Crippen molar-refractivity contribution in [3.8, 4) is 0 Å². The van der Waals surface area contributed by atoms with E-state index >= 15 is 0 Å². The molecule has 0 radical (unpaired) electrons. The van der Waals surface area contributed by atoms with Gasteiger partial charge in [0.2, 0.25) is 0 Å². The van der Waals surface area contributed by atoms with Crippen molar-refractivity contribution in [3.63, 3.8) is 0 Å². The van der Waals surface area contributed by atoms with Crippen LogP contribution in [-0.2, 0) is 0 Å². The van der Waals surface area contributed by atoms with Gasteiger partial charge in [0.15, 0.2) is 0 Å². The number of nitrogens with one attached hydrogen (secondary N) is 2. The third-order valence-electron chi connectivity index (χ3n) is 1.83. The molecule has 0 aliphatic heterocycles. The molecule has 7 heteroatoms. The molecule has 18 heavy (non-hydrogen) atoms. The van der Waals surface area contributed by atoms with E-state index in [4.69, 9.17) is 11.6 Å². The molecule has 0 unspecified atom stereocenters. The minimum atomic E-state index is -2.61. The van der Waals surface area contributed by atoms with Crippen LogP contribution in [0.4, 0.5) is 19.3 Å². The van der Waals surface area contributed by atoms with Crippen LogP contribution in [0.15, 0.2) is 35.7 Å². The molecule has 1 aromatic carbocycles. The second-order valence-corrected chi connectivity index (χ2v) is 4.53. The largest absolute Gasteiger partial charge is 0.334 e. The molecule has 0 aliphatic rings. The van der Waals surface area contributed by atoms with Gasteiger partial charge in [-0.1, -0.05) is 35.5 Å². The monoisotopic (exact) mass is 292 g/mol. The van der Waals surface area contributed by atoms with Crippen LogP contribution in [0.2, 0.25) is 5.02 Å². The molecule has 1 aromatic rings. The molecule has 0 aliphatic carbocycles. The van der Waals surface area contributed by atoms with Crippen LogP contribution in [0, 0.1) is 0 Å². The average molecular weight is 293 g/mol. The summed E-state index contributed by atoms with van der Waals surface area (Å²) in [5, 5.41) is 5.10. The first-order valence-corrected chi connectivity index (χ1v) is 6.19. The summed E-state index contributed by atoms with van der Waals surface area (Å²) in [6.07, 6.45) is 1.51. The SMILES string of the molecule is C=CCNC(=O)Nc1cccc(Cl)c1SC(F)F. The Labute approximate surface area is 113 Å². The van der Waals surface area contributed by atoms with E-state index in [1.807, 2.05) is 0 Å². The lowest BCUT2D eigenvalue weighted by atomic mass is 10.3. The van der Waals surface area contributed by atoms with Crippen molar-refractivity contribution in [2.45, 2.75) is 10.7 Å². The zero-order chi connectivity index (χ0) is 13.5. The Bertz CT molecular complexity index is 443. The molecule has 0 saturated carbocycles. The van der Waals surface area contributed by atoms with Crippen LogP contribution in [-0.4, -0.2) is 18.3 Å². The number of rotatable bonds is 5. The molecule has 0 aromatic heterocycles. The first-order chi connectivity index (χ1) is 8.54. The van der Waals surface area contributed by atoms with Gasteiger partial charge < -0.3 is 10.6 Å². The fourth-order valence-corrected chi connectivity index (χ4v) is 2.06. The van der Waals surface area contributed by atoms with E-state index in [0.29, 0.717) is 0 Å². The van der Waals surface area contributed by atoms with Crippen LogP contribution in [0.3, 0.4) is 0 Å². The predicted molar refractivity (Wildman–Crippen MR) is 70.5 cm³/mol. The van der Waals surface area contributed by atoms with Crippen molar-refractivity contribution in [3.05, 3.63) is 35.9 Å².